The van der Waals surface area contributed by atoms with Crippen LogP contribution in [-0.2, 0) is 6.61 Å². The molecule has 0 radical (unpaired) electrons. The van der Waals surface area contributed by atoms with E-state index in [2.05, 4.69) is 34.3 Å². The lowest BCUT2D eigenvalue weighted by Crippen LogP contribution is -2.02. The fourth-order valence-electron chi connectivity index (χ4n) is 2.83. The second-order valence-electron chi connectivity index (χ2n) is 5.38. The van der Waals surface area contributed by atoms with Crippen molar-refractivity contribution in [2.45, 2.75) is 38.7 Å². The highest BCUT2D eigenvalue weighted by atomic mass is 16.3. The summed E-state index contributed by atoms with van der Waals surface area (Å²) >= 11 is 0. The van der Waals surface area contributed by atoms with Gasteiger partial charge in [-0.15, -0.1) is 0 Å². The van der Waals surface area contributed by atoms with E-state index < -0.39 is 0 Å². The van der Waals surface area contributed by atoms with Crippen molar-refractivity contribution in [3.8, 4) is 0 Å². The molecule has 0 bridgehead atoms. The molecule has 100 valence electrons. The topological polar surface area (TPSA) is 48.9 Å². The molecule has 1 aliphatic carbocycles. The van der Waals surface area contributed by atoms with Crippen molar-refractivity contribution < 1.29 is 5.11 Å². The molecule has 3 nitrogen and oxygen atoms in total. The molecule has 1 fully saturated rings. The van der Waals surface area contributed by atoms with Crippen molar-refractivity contribution in [2.24, 2.45) is 5.92 Å². The summed E-state index contributed by atoms with van der Waals surface area (Å²) < 4.78 is 0. The summed E-state index contributed by atoms with van der Waals surface area (Å²) in [6.07, 6.45) is 11.4. The monoisotopic (exact) mass is 256 g/mol. The number of H-pyrrole nitrogens is 1. The van der Waals surface area contributed by atoms with Crippen molar-refractivity contribution in [3.05, 3.63) is 35.7 Å². The van der Waals surface area contributed by atoms with Gasteiger partial charge in [0.15, 0.2) is 0 Å². The fourth-order valence-corrected chi connectivity index (χ4v) is 2.83. The lowest BCUT2D eigenvalue weighted by Gasteiger charge is -2.17. The van der Waals surface area contributed by atoms with Crippen LogP contribution in [0.15, 0.2) is 24.3 Å². The van der Waals surface area contributed by atoms with E-state index in [0.29, 0.717) is 5.82 Å². The summed E-state index contributed by atoms with van der Waals surface area (Å²) in [4.78, 5) is 7.42. The average Bonchev–Trinajstić information content (AvgIpc) is 2.88. The van der Waals surface area contributed by atoms with Crippen LogP contribution in [0, 0.1) is 5.92 Å². The first-order chi connectivity index (χ1) is 9.35. The number of nitrogens with one attached hydrogen (secondary N) is 1. The zero-order valence-electron chi connectivity index (χ0n) is 11.1. The van der Waals surface area contributed by atoms with E-state index >= 15 is 0 Å². The first-order valence-corrected chi connectivity index (χ1v) is 7.13. The fraction of sp³-hybridized carbons (Fsp3) is 0.438. The van der Waals surface area contributed by atoms with Crippen molar-refractivity contribution in [1.82, 2.24) is 9.97 Å². The standard InChI is InChI=1S/C16H20N2O/c19-11-16-17-14-9-8-13(10-15(14)18-16)7-6-12-4-2-1-3-5-12/h6-10,12,19H,1-5,11H2,(H,17,18). The first-order valence-electron chi connectivity index (χ1n) is 7.13. The highest BCUT2D eigenvalue weighted by molar-refractivity contribution is 5.78. The number of imidazole rings is 1. The van der Waals surface area contributed by atoms with Gasteiger partial charge in [0, 0.05) is 0 Å². The van der Waals surface area contributed by atoms with E-state index in [1.807, 2.05) is 6.07 Å². The number of benzene rings is 1. The molecule has 2 aromatic rings. The Morgan fingerprint density at radius 1 is 1.26 bits per heavy atom. The minimum atomic E-state index is -0.0398. The Kier molecular flexibility index (Phi) is 3.65. The van der Waals surface area contributed by atoms with Crippen molar-refractivity contribution in [3.63, 3.8) is 0 Å². The molecule has 0 saturated heterocycles. The quantitative estimate of drug-likeness (QED) is 0.880. The Bertz CT molecular complexity index is 579. The van der Waals surface area contributed by atoms with Gasteiger partial charge in [0.25, 0.3) is 0 Å². The van der Waals surface area contributed by atoms with Gasteiger partial charge in [0.05, 0.1) is 11.0 Å². The maximum Gasteiger partial charge on any atom is 0.133 e. The van der Waals surface area contributed by atoms with Crippen LogP contribution in [0.25, 0.3) is 17.1 Å². The van der Waals surface area contributed by atoms with Crippen LogP contribution in [0.2, 0.25) is 0 Å². The Morgan fingerprint density at radius 3 is 2.89 bits per heavy atom. The molecule has 0 unspecified atom stereocenters. The summed E-state index contributed by atoms with van der Waals surface area (Å²) in [7, 11) is 0. The lowest BCUT2D eigenvalue weighted by atomic mass is 9.89. The minimum absolute atomic E-state index is 0.0398. The number of allylic oxidation sites excluding steroid dienone is 1. The molecule has 0 spiro atoms. The highest BCUT2D eigenvalue weighted by Gasteiger charge is 2.09. The smallest absolute Gasteiger partial charge is 0.133 e. The van der Waals surface area contributed by atoms with Gasteiger partial charge in [-0.2, -0.15) is 0 Å². The summed E-state index contributed by atoms with van der Waals surface area (Å²) in [5.41, 5.74) is 3.11. The van der Waals surface area contributed by atoms with Crippen LogP contribution in [0.5, 0.6) is 0 Å². The number of aliphatic hydroxyl groups is 1. The predicted octanol–water partition coefficient (Wildman–Crippen LogP) is 3.65. The van der Waals surface area contributed by atoms with E-state index in [9.17, 15) is 0 Å². The molecule has 0 amide bonds. The van der Waals surface area contributed by atoms with Crippen LogP contribution >= 0.6 is 0 Å². The summed E-state index contributed by atoms with van der Waals surface area (Å²) in [5, 5.41) is 9.07. The maximum atomic E-state index is 9.07. The maximum absolute atomic E-state index is 9.07. The Hall–Kier alpha value is -1.61. The second kappa shape index (κ2) is 5.57. The number of aromatic nitrogens is 2. The third-order valence-electron chi connectivity index (χ3n) is 3.92. The van der Waals surface area contributed by atoms with Gasteiger partial charge in [0.2, 0.25) is 0 Å². The molecular formula is C16H20N2O. The summed E-state index contributed by atoms with van der Waals surface area (Å²) in [5.74, 6) is 1.38. The predicted molar refractivity (Wildman–Crippen MR) is 77.6 cm³/mol. The molecule has 1 aromatic heterocycles. The second-order valence-corrected chi connectivity index (χ2v) is 5.38. The van der Waals surface area contributed by atoms with Crippen molar-refractivity contribution >= 4 is 17.1 Å². The van der Waals surface area contributed by atoms with Gasteiger partial charge < -0.3 is 10.1 Å². The van der Waals surface area contributed by atoms with E-state index in [0.717, 1.165) is 17.0 Å². The molecule has 0 aliphatic heterocycles. The van der Waals surface area contributed by atoms with Crippen LogP contribution in [-0.4, -0.2) is 15.1 Å². The van der Waals surface area contributed by atoms with Crippen molar-refractivity contribution in [2.75, 3.05) is 0 Å². The van der Waals surface area contributed by atoms with Crippen LogP contribution in [0.4, 0.5) is 0 Å². The van der Waals surface area contributed by atoms with Crippen LogP contribution < -0.4 is 0 Å². The molecule has 2 N–H and O–H groups in total. The molecule has 3 rings (SSSR count). The normalized spacial score (nSPS) is 17.5. The van der Waals surface area contributed by atoms with Gasteiger partial charge in [-0.05, 0) is 36.5 Å². The molecule has 0 atom stereocenters. The number of rotatable bonds is 3. The zero-order chi connectivity index (χ0) is 13.1. The van der Waals surface area contributed by atoms with Crippen LogP contribution in [0.1, 0.15) is 43.5 Å². The number of hydrogen-bond acceptors (Lipinski definition) is 2. The van der Waals surface area contributed by atoms with Gasteiger partial charge in [-0.1, -0.05) is 37.5 Å². The molecule has 1 heterocycles. The third-order valence-corrected chi connectivity index (χ3v) is 3.92. The van der Waals surface area contributed by atoms with Gasteiger partial charge >= 0.3 is 0 Å². The number of hydrogen-bond donors (Lipinski definition) is 2. The Labute approximate surface area is 113 Å². The number of aliphatic hydroxyl groups excluding tert-OH is 1. The molecule has 1 aromatic carbocycles. The van der Waals surface area contributed by atoms with Crippen molar-refractivity contribution in [1.29, 1.82) is 0 Å². The summed E-state index contributed by atoms with van der Waals surface area (Å²) in [6.45, 7) is -0.0398. The van der Waals surface area contributed by atoms with Gasteiger partial charge in [-0.25, -0.2) is 4.98 Å². The average molecular weight is 256 g/mol. The third kappa shape index (κ3) is 2.87. The lowest BCUT2D eigenvalue weighted by molar-refractivity contribution is 0.273. The van der Waals surface area contributed by atoms with E-state index in [1.54, 1.807) is 0 Å². The Balaban J connectivity index is 1.78. The van der Waals surface area contributed by atoms with Crippen LogP contribution in [0.3, 0.4) is 0 Å². The largest absolute Gasteiger partial charge is 0.388 e. The number of aromatic amines is 1. The van der Waals surface area contributed by atoms with Gasteiger partial charge in [-0.3, -0.25) is 0 Å². The Morgan fingerprint density at radius 2 is 2.11 bits per heavy atom. The molecule has 3 heteroatoms. The minimum Gasteiger partial charge on any atom is -0.388 e. The SMILES string of the molecule is OCc1nc2ccc(C=CC3CCCCC3)cc2[nH]1. The number of fused-ring (bicyclic) bond motifs is 1. The van der Waals surface area contributed by atoms with E-state index in [-0.39, 0.29) is 6.61 Å². The highest BCUT2D eigenvalue weighted by Crippen LogP contribution is 2.25. The molecular weight excluding hydrogens is 236 g/mol. The van der Waals surface area contributed by atoms with Gasteiger partial charge in [0.1, 0.15) is 12.4 Å². The first kappa shape index (κ1) is 12.4. The zero-order valence-corrected chi connectivity index (χ0v) is 11.1. The molecule has 1 saturated carbocycles. The summed E-state index contributed by atoms with van der Waals surface area (Å²) in [6, 6.07) is 6.19. The molecule has 19 heavy (non-hydrogen) atoms. The number of nitrogens with zero attached hydrogens (tertiary/aromatic N) is 1. The van der Waals surface area contributed by atoms with E-state index in [4.69, 9.17) is 5.11 Å². The van der Waals surface area contributed by atoms with E-state index in [1.165, 1.54) is 37.7 Å². The molecule has 1 aliphatic rings.